The molecule has 5 aliphatic rings. The summed E-state index contributed by atoms with van der Waals surface area (Å²) < 4.78 is 28.9. The molecule has 2 aromatic carbocycles. The van der Waals surface area contributed by atoms with Gasteiger partial charge < -0.3 is 0 Å². The van der Waals surface area contributed by atoms with Gasteiger partial charge in [0.05, 0.1) is 22.4 Å². The molecule has 5 fully saturated rings. The molecule has 4 saturated carbocycles. The third-order valence-electron chi connectivity index (χ3n) is 7.97. The molecule has 2 amide bonds. The number of amides is 2. The van der Waals surface area contributed by atoms with Crippen LogP contribution in [-0.4, -0.2) is 25.8 Å². The fourth-order valence-electron chi connectivity index (χ4n) is 6.93. The Morgan fingerprint density at radius 1 is 0.844 bits per heavy atom. The Hall–Kier alpha value is -2.25. The first kappa shape index (κ1) is 20.4. The minimum Gasteiger partial charge on any atom is -0.274 e. The van der Waals surface area contributed by atoms with E-state index >= 15 is 0 Å². The number of nitrogens with one attached hydrogen (secondary N) is 1. The van der Waals surface area contributed by atoms with Crippen molar-refractivity contribution in [2.24, 2.45) is 35.5 Å². The maximum Gasteiger partial charge on any atom is 0.241 e. The van der Waals surface area contributed by atoms with E-state index in [1.807, 2.05) is 0 Å². The van der Waals surface area contributed by atoms with E-state index in [4.69, 9.17) is 0 Å². The standard InChI is InChI=1S/C25H28N2O4S/c1-25(2,3)26-32(30,31)20-9-5-6-13-14(20)7-4-8-19(13)27-23(28)21-15-10-11-16(18-12-17(15)18)22(21)24(27)29/h4-9,15-18,21-22,26H,10-12H2,1-3H3/t15-,16+,17+,18-,21-,22+. The van der Waals surface area contributed by atoms with Gasteiger partial charge >= 0.3 is 0 Å². The molecule has 6 atom stereocenters. The summed E-state index contributed by atoms with van der Waals surface area (Å²) in [4.78, 5) is 28.7. The van der Waals surface area contributed by atoms with Crippen LogP contribution in [-0.2, 0) is 19.6 Å². The average Bonchev–Trinajstić information content (AvgIpc) is 3.49. The lowest BCUT2D eigenvalue weighted by molar-refractivity contribution is -0.129. The first-order valence-corrected chi connectivity index (χ1v) is 13.0. The molecule has 1 heterocycles. The molecular weight excluding hydrogens is 424 g/mol. The Bertz CT molecular complexity index is 1240. The summed E-state index contributed by atoms with van der Waals surface area (Å²) in [7, 11) is -3.78. The lowest BCUT2D eigenvalue weighted by Gasteiger charge is -2.42. The molecule has 2 aromatic rings. The van der Waals surface area contributed by atoms with Crippen molar-refractivity contribution in [2.45, 2.75) is 50.5 Å². The normalized spacial score (nSPS) is 33.5. The quantitative estimate of drug-likeness (QED) is 0.720. The number of carbonyl (C=O) groups excluding carboxylic acids is 2. The van der Waals surface area contributed by atoms with E-state index in [2.05, 4.69) is 4.72 Å². The van der Waals surface area contributed by atoms with E-state index in [1.165, 1.54) is 11.3 Å². The minimum absolute atomic E-state index is 0.0892. The molecule has 7 rings (SSSR count). The van der Waals surface area contributed by atoms with Crippen molar-refractivity contribution in [2.75, 3.05) is 4.90 Å². The van der Waals surface area contributed by atoms with Crippen LogP contribution in [0.25, 0.3) is 10.8 Å². The first-order valence-electron chi connectivity index (χ1n) is 11.5. The van der Waals surface area contributed by atoms with Gasteiger partial charge in [0.2, 0.25) is 21.8 Å². The largest absolute Gasteiger partial charge is 0.274 e. The molecule has 0 aromatic heterocycles. The van der Waals surface area contributed by atoms with Crippen molar-refractivity contribution in [3.63, 3.8) is 0 Å². The maximum atomic E-state index is 13.6. The molecule has 7 heteroatoms. The summed E-state index contributed by atoms with van der Waals surface area (Å²) in [5, 5.41) is 1.13. The van der Waals surface area contributed by atoms with E-state index in [9.17, 15) is 18.0 Å². The highest BCUT2D eigenvalue weighted by Gasteiger charge is 2.68. The van der Waals surface area contributed by atoms with E-state index < -0.39 is 15.6 Å². The van der Waals surface area contributed by atoms with Crippen molar-refractivity contribution >= 4 is 38.3 Å². The molecule has 4 aliphatic carbocycles. The van der Waals surface area contributed by atoms with Crippen LogP contribution in [0.1, 0.15) is 40.0 Å². The summed E-state index contributed by atoms with van der Waals surface area (Å²) >= 11 is 0. The number of fused-ring (bicyclic) bond motifs is 2. The number of sulfonamides is 1. The molecular formula is C25H28N2O4S. The molecule has 0 radical (unpaired) electrons. The average molecular weight is 453 g/mol. The SMILES string of the molecule is CC(C)(C)NS(=O)(=O)c1cccc2c(N3C(=O)[C@@H]4[C@@H]5CC[C@@H]([C@H]6C[C@H]65)[C@@H]4C3=O)cccc12. The second-order valence-electron chi connectivity index (χ2n) is 11.0. The molecule has 32 heavy (non-hydrogen) atoms. The number of rotatable bonds is 3. The number of hydrogen-bond acceptors (Lipinski definition) is 4. The predicted octanol–water partition coefficient (Wildman–Crippen LogP) is 3.70. The highest BCUT2D eigenvalue weighted by Crippen LogP contribution is 2.68. The summed E-state index contributed by atoms with van der Waals surface area (Å²) in [6, 6.07) is 10.3. The number of nitrogens with zero attached hydrogens (tertiary/aromatic N) is 1. The van der Waals surface area contributed by atoms with Crippen LogP contribution in [0.15, 0.2) is 41.3 Å². The molecule has 1 N–H and O–H groups in total. The van der Waals surface area contributed by atoms with Gasteiger partial charge in [-0.1, -0.05) is 24.3 Å². The Morgan fingerprint density at radius 3 is 2.00 bits per heavy atom. The summed E-state index contributed by atoms with van der Waals surface area (Å²) in [6.45, 7) is 5.38. The number of anilines is 1. The monoisotopic (exact) mass is 452 g/mol. The zero-order valence-electron chi connectivity index (χ0n) is 18.5. The van der Waals surface area contributed by atoms with Gasteiger partial charge in [0.15, 0.2) is 0 Å². The summed E-state index contributed by atoms with van der Waals surface area (Å²) in [6.07, 6.45) is 3.28. The highest BCUT2D eigenvalue weighted by atomic mass is 32.2. The van der Waals surface area contributed by atoms with Crippen LogP contribution >= 0.6 is 0 Å². The van der Waals surface area contributed by atoms with E-state index in [-0.39, 0.29) is 28.5 Å². The van der Waals surface area contributed by atoms with E-state index in [1.54, 1.807) is 57.2 Å². The van der Waals surface area contributed by atoms with Gasteiger partial charge in [-0.2, -0.15) is 0 Å². The van der Waals surface area contributed by atoms with Crippen LogP contribution < -0.4 is 9.62 Å². The Labute approximate surface area is 188 Å². The van der Waals surface area contributed by atoms with Gasteiger partial charge in [-0.15, -0.1) is 0 Å². The van der Waals surface area contributed by atoms with Crippen LogP contribution in [0.3, 0.4) is 0 Å². The maximum absolute atomic E-state index is 13.6. The molecule has 0 unspecified atom stereocenters. The van der Waals surface area contributed by atoms with Crippen molar-refractivity contribution in [1.82, 2.24) is 4.72 Å². The third-order valence-corrected chi connectivity index (χ3v) is 9.79. The summed E-state index contributed by atoms with van der Waals surface area (Å²) in [5.74, 6) is 1.34. The fraction of sp³-hybridized carbons (Fsp3) is 0.520. The van der Waals surface area contributed by atoms with Gasteiger partial charge in [-0.25, -0.2) is 18.0 Å². The van der Waals surface area contributed by atoms with Crippen LogP contribution in [0.2, 0.25) is 0 Å². The fourth-order valence-corrected chi connectivity index (χ4v) is 8.57. The third kappa shape index (κ3) is 2.76. The predicted molar refractivity (Wildman–Crippen MR) is 121 cm³/mol. The van der Waals surface area contributed by atoms with Gasteiger partial charge in [-0.05, 0) is 75.8 Å². The lowest BCUT2D eigenvalue weighted by Crippen LogP contribution is -2.43. The number of benzene rings is 2. The van der Waals surface area contributed by atoms with E-state index in [0.29, 0.717) is 40.1 Å². The van der Waals surface area contributed by atoms with Crippen LogP contribution in [0, 0.1) is 35.5 Å². The minimum atomic E-state index is -3.78. The Morgan fingerprint density at radius 2 is 1.41 bits per heavy atom. The van der Waals surface area contributed by atoms with Crippen molar-refractivity contribution in [3.8, 4) is 0 Å². The van der Waals surface area contributed by atoms with Gasteiger partial charge in [0, 0.05) is 16.3 Å². The Balaban J connectivity index is 1.46. The van der Waals surface area contributed by atoms with Crippen LogP contribution in [0.4, 0.5) is 5.69 Å². The zero-order chi connectivity index (χ0) is 22.6. The first-order chi connectivity index (χ1) is 15.1. The van der Waals surface area contributed by atoms with E-state index in [0.717, 1.165) is 12.8 Å². The molecule has 2 bridgehead atoms. The second-order valence-corrected chi connectivity index (χ2v) is 12.7. The van der Waals surface area contributed by atoms with Crippen molar-refractivity contribution in [3.05, 3.63) is 36.4 Å². The summed E-state index contributed by atoms with van der Waals surface area (Å²) in [5.41, 5.74) is -0.122. The molecule has 1 saturated heterocycles. The second kappa shape index (κ2) is 6.41. The topological polar surface area (TPSA) is 83.6 Å². The lowest BCUT2D eigenvalue weighted by atomic mass is 9.59. The number of carbonyl (C=O) groups is 2. The van der Waals surface area contributed by atoms with Gasteiger partial charge in [0.1, 0.15) is 0 Å². The molecule has 1 aliphatic heterocycles. The van der Waals surface area contributed by atoms with Crippen molar-refractivity contribution < 1.29 is 18.0 Å². The Kier molecular flexibility index (Phi) is 4.08. The highest BCUT2D eigenvalue weighted by molar-refractivity contribution is 7.89. The zero-order valence-corrected chi connectivity index (χ0v) is 19.4. The van der Waals surface area contributed by atoms with Gasteiger partial charge in [-0.3, -0.25) is 9.59 Å². The smallest absolute Gasteiger partial charge is 0.241 e. The molecule has 168 valence electrons. The number of hydrogen-bond donors (Lipinski definition) is 1. The van der Waals surface area contributed by atoms with Gasteiger partial charge in [0.25, 0.3) is 0 Å². The number of imide groups is 1. The van der Waals surface area contributed by atoms with Crippen LogP contribution in [0.5, 0.6) is 0 Å². The van der Waals surface area contributed by atoms with Crippen molar-refractivity contribution in [1.29, 1.82) is 0 Å². The molecule has 6 nitrogen and oxygen atoms in total. The molecule has 0 spiro atoms.